The van der Waals surface area contributed by atoms with E-state index in [1.165, 1.54) is 0 Å². The summed E-state index contributed by atoms with van der Waals surface area (Å²) in [7, 11) is 0. The van der Waals surface area contributed by atoms with Gasteiger partial charge in [0.15, 0.2) is 0 Å². The van der Waals surface area contributed by atoms with Crippen LogP contribution >= 0.6 is 0 Å². The van der Waals surface area contributed by atoms with Gasteiger partial charge in [-0.1, -0.05) is 20.8 Å². The molecule has 2 aromatic heterocycles. The molecular formula is C9H12N4O. The van der Waals surface area contributed by atoms with Crippen LogP contribution in [0.4, 0.5) is 0 Å². The number of nitrogens with zero attached hydrogens (tertiary/aromatic N) is 3. The zero-order chi connectivity index (χ0) is 10.3. The molecule has 2 heterocycles. The van der Waals surface area contributed by atoms with Gasteiger partial charge in [-0.05, 0) is 0 Å². The van der Waals surface area contributed by atoms with Crippen molar-refractivity contribution in [1.82, 2.24) is 19.6 Å². The summed E-state index contributed by atoms with van der Waals surface area (Å²) in [5.41, 5.74) is 0.324. The minimum Gasteiger partial charge on any atom is -0.246 e. The number of imidazole rings is 1. The molecule has 0 spiro atoms. The number of aromatic amines is 1. The summed E-state index contributed by atoms with van der Waals surface area (Å²) >= 11 is 0. The Morgan fingerprint density at radius 1 is 1.36 bits per heavy atom. The molecule has 2 rings (SSSR count). The molecule has 0 unspecified atom stereocenters. The van der Waals surface area contributed by atoms with E-state index in [4.69, 9.17) is 0 Å². The van der Waals surface area contributed by atoms with Crippen molar-refractivity contribution in [3.8, 4) is 0 Å². The Morgan fingerprint density at radius 2 is 2.07 bits per heavy atom. The fourth-order valence-electron chi connectivity index (χ4n) is 1.40. The highest BCUT2D eigenvalue weighted by molar-refractivity contribution is 5.43. The molecule has 0 bridgehead atoms. The van der Waals surface area contributed by atoms with Crippen molar-refractivity contribution >= 4 is 5.52 Å². The van der Waals surface area contributed by atoms with Gasteiger partial charge in [0, 0.05) is 5.41 Å². The van der Waals surface area contributed by atoms with E-state index < -0.39 is 0 Å². The molecule has 0 aromatic carbocycles. The van der Waals surface area contributed by atoms with Crippen molar-refractivity contribution in [3.05, 3.63) is 28.7 Å². The van der Waals surface area contributed by atoms with Crippen LogP contribution in [-0.2, 0) is 5.41 Å². The average molecular weight is 192 g/mol. The number of hydrogen-bond donors (Lipinski definition) is 1. The fourth-order valence-corrected chi connectivity index (χ4v) is 1.40. The maximum Gasteiger partial charge on any atom is 0.347 e. The van der Waals surface area contributed by atoms with Crippen LogP contribution in [0.3, 0.4) is 0 Å². The Balaban J connectivity index is 2.87. The average Bonchev–Trinajstić information content (AvgIpc) is 2.47. The molecule has 5 nitrogen and oxygen atoms in total. The molecule has 0 radical (unpaired) electrons. The molecule has 0 fully saturated rings. The van der Waals surface area contributed by atoms with Gasteiger partial charge in [-0.3, -0.25) is 0 Å². The Bertz CT molecular complexity index is 517. The largest absolute Gasteiger partial charge is 0.347 e. The van der Waals surface area contributed by atoms with Crippen molar-refractivity contribution in [2.75, 3.05) is 0 Å². The van der Waals surface area contributed by atoms with Crippen molar-refractivity contribution in [2.45, 2.75) is 26.2 Å². The Hall–Kier alpha value is -1.65. The summed E-state index contributed by atoms with van der Waals surface area (Å²) in [6, 6.07) is 0. The highest BCUT2D eigenvalue weighted by Gasteiger charge is 2.20. The molecule has 14 heavy (non-hydrogen) atoms. The minimum atomic E-state index is -0.245. The first-order chi connectivity index (χ1) is 6.50. The first-order valence-electron chi connectivity index (χ1n) is 4.42. The molecule has 0 atom stereocenters. The molecule has 5 heteroatoms. The van der Waals surface area contributed by atoms with Crippen LogP contribution in [0.25, 0.3) is 5.52 Å². The molecular weight excluding hydrogens is 180 g/mol. The van der Waals surface area contributed by atoms with Gasteiger partial charge in [0.05, 0.1) is 17.9 Å². The van der Waals surface area contributed by atoms with Crippen LogP contribution < -0.4 is 5.69 Å². The summed E-state index contributed by atoms with van der Waals surface area (Å²) in [5.74, 6) is 0.746. The molecule has 0 saturated carbocycles. The molecule has 74 valence electrons. The number of aromatic nitrogens is 4. The molecule has 0 aliphatic heterocycles. The van der Waals surface area contributed by atoms with E-state index in [1.807, 2.05) is 20.8 Å². The molecule has 0 aliphatic rings. The van der Waals surface area contributed by atoms with Gasteiger partial charge < -0.3 is 0 Å². The number of H-pyrrole nitrogens is 1. The third kappa shape index (κ3) is 1.21. The minimum absolute atomic E-state index is 0.152. The third-order valence-electron chi connectivity index (χ3n) is 2.02. The first-order valence-corrected chi connectivity index (χ1v) is 4.42. The van der Waals surface area contributed by atoms with Gasteiger partial charge >= 0.3 is 5.69 Å². The Morgan fingerprint density at radius 3 is 2.71 bits per heavy atom. The predicted octanol–water partition coefficient (Wildman–Crippen LogP) is 0.715. The third-order valence-corrected chi connectivity index (χ3v) is 2.02. The van der Waals surface area contributed by atoms with Crippen molar-refractivity contribution in [3.63, 3.8) is 0 Å². The van der Waals surface area contributed by atoms with Gasteiger partial charge in [-0.25, -0.2) is 19.3 Å². The van der Waals surface area contributed by atoms with Crippen molar-refractivity contribution in [2.24, 2.45) is 0 Å². The molecule has 0 saturated heterocycles. The van der Waals surface area contributed by atoms with E-state index in [0.29, 0.717) is 0 Å². The van der Waals surface area contributed by atoms with E-state index in [0.717, 1.165) is 11.3 Å². The van der Waals surface area contributed by atoms with Crippen LogP contribution in [0, 0.1) is 0 Å². The van der Waals surface area contributed by atoms with Gasteiger partial charge in [-0.15, -0.1) is 0 Å². The van der Waals surface area contributed by atoms with Crippen LogP contribution in [0.1, 0.15) is 26.6 Å². The molecule has 1 N–H and O–H groups in total. The second kappa shape index (κ2) is 2.67. The number of fused-ring (bicyclic) bond motifs is 1. The van der Waals surface area contributed by atoms with Gasteiger partial charge in [0.2, 0.25) is 0 Å². The van der Waals surface area contributed by atoms with E-state index in [2.05, 4.69) is 15.2 Å². The van der Waals surface area contributed by atoms with Crippen molar-refractivity contribution in [1.29, 1.82) is 0 Å². The summed E-state index contributed by atoms with van der Waals surface area (Å²) in [6.07, 6.45) is 3.24. The first kappa shape index (κ1) is 8.93. The van der Waals surface area contributed by atoms with E-state index >= 15 is 0 Å². The topological polar surface area (TPSA) is 63.0 Å². The Labute approximate surface area is 80.8 Å². The Kier molecular flexibility index (Phi) is 1.70. The number of rotatable bonds is 0. The molecule has 2 aromatic rings. The molecule has 0 amide bonds. The predicted molar refractivity (Wildman–Crippen MR) is 52.3 cm³/mol. The second-order valence-corrected chi connectivity index (χ2v) is 4.27. The zero-order valence-corrected chi connectivity index (χ0v) is 8.40. The van der Waals surface area contributed by atoms with Gasteiger partial charge in [0.1, 0.15) is 5.82 Å². The smallest absolute Gasteiger partial charge is 0.246 e. The number of nitrogens with one attached hydrogen (secondary N) is 1. The van der Waals surface area contributed by atoms with Gasteiger partial charge in [0.25, 0.3) is 0 Å². The highest BCUT2D eigenvalue weighted by Crippen LogP contribution is 2.19. The molecule has 0 aliphatic carbocycles. The lowest BCUT2D eigenvalue weighted by molar-refractivity contribution is 0.537. The summed E-state index contributed by atoms with van der Waals surface area (Å²) in [4.78, 5) is 15.7. The standard InChI is InChI=1S/C9H12N4O/c1-9(2,3)7-10-4-6-5-11-12-8(14)13(6)7/h4-5H,1-3H3,(H,12,14). The second-order valence-electron chi connectivity index (χ2n) is 4.27. The highest BCUT2D eigenvalue weighted by atomic mass is 16.1. The van der Waals surface area contributed by atoms with Crippen molar-refractivity contribution < 1.29 is 0 Å². The monoisotopic (exact) mass is 192 g/mol. The summed E-state index contributed by atoms with van der Waals surface area (Å²) in [5, 5.41) is 6.10. The van der Waals surface area contributed by atoms with Crippen LogP contribution in [-0.4, -0.2) is 19.6 Å². The maximum absolute atomic E-state index is 11.5. The van der Waals surface area contributed by atoms with Gasteiger partial charge in [-0.2, -0.15) is 5.10 Å². The normalized spacial score (nSPS) is 12.2. The summed E-state index contributed by atoms with van der Waals surface area (Å²) < 4.78 is 1.55. The maximum atomic E-state index is 11.5. The lowest BCUT2D eigenvalue weighted by Crippen LogP contribution is -2.25. The van der Waals surface area contributed by atoms with Crippen LogP contribution in [0.5, 0.6) is 0 Å². The van der Waals surface area contributed by atoms with Crippen LogP contribution in [0.2, 0.25) is 0 Å². The quantitative estimate of drug-likeness (QED) is 0.668. The van der Waals surface area contributed by atoms with Crippen LogP contribution in [0.15, 0.2) is 17.2 Å². The van der Waals surface area contributed by atoms with E-state index in [9.17, 15) is 4.79 Å². The SMILES string of the molecule is CC(C)(C)c1ncc2cn[nH]c(=O)n12. The van der Waals surface area contributed by atoms with E-state index in [1.54, 1.807) is 16.8 Å². The summed E-state index contributed by atoms with van der Waals surface area (Å²) in [6.45, 7) is 6.05. The lowest BCUT2D eigenvalue weighted by atomic mass is 9.96. The zero-order valence-electron chi connectivity index (χ0n) is 8.40. The van der Waals surface area contributed by atoms with E-state index in [-0.39, 0.29) is 11.1 Å². The number of hydrogen-bond acceptors (Lipinski definition) is 3. The fraction of sp³-hybridized carbons (Fsp3) is 0.444. The lowest BCUT2D eigenvalue weighted by Gasteiger charge is -2.15.